The maximum atomic E-state index is 12.2. The normalized spacial score (nSPS) is 11.3. The zero-order valence-electron chi connectivity index (χ0n) is 13.7. The van der Waals surface area contributed by atoms with Gasteiger partial charge in [0.05, 0.1) is 0 Å². The third kappa shape index (κ3) is 5.66. The molecule has 1 unspecified atom stereocenters. The van der Waals surface area contributed by atoms with Crippen LogP contribution in [0.4, 0.5) is 0 Å². The molecule has 0 aliphatic heterocycles. The minimum Gasteiger partial charge on any atom is -0.350 e. The Kier molecular flexibility index (Phi) is 9.45. The van der Waals surface area contributed by atoms with Crippen molar-refractivity contribution in [2.24, 2.45) is 0 Å². The first-order valence-electron chi connectivity index (χ1n) is 7.38. The van der Waals surface area contributed by atoms with Gasteiger partial charge in [-0.25, -0.2) is 0 Å². The number of likely N-dealkylation sites (N-methyl/N-ethyl adjacent to an activating group) is 1. The summed E-state index contributed by atoms with van der Waals surface area (Å²) < 4.78 is 0. The molecule has 1 atom stereocenters. The van der Waals surface area contributed by atoms with Crippen LogP contribution in [0.15, 0.2) is 24.3 Å². The molecular weight excluding hydrogens is 302 g/mol. The van der Waals surface area contributed by atoms with Gasteiger partial charge < -0.3 is 15.5 Å². The lowest BCUT2D eigenvalue weighted by atomic mass is 10.1. The summed E-state index contributed by atoms with van der Waals surface area (Å²) in [5.74, 6) is -0.130. The van der Waals surface area contributed by atoms with Gasteiger partial charge in [-0.15, -0.1) is 12.4 Å². The van der Waals surface area contributed by atoms with Gasteiger partial charge in [-0.05, 0) is 52.1 Å². The van der Waals surface area contributed by atoms with Crippen molar-refractivity contribution < 1.29 is 9.59 Å². The van der Waals surface area contributed by atoms with Gasteiger partial charge in [-0.1, -0.05) is 0 Å². The Morgan fingerprint density at radius 2 is 1.59 bits per heavy atom. The highest BCUT2D eigenvalue weighted by atomic mass is 35.5. The monoisotopic (exact) mass is 327 g/mol. The molecule has 6 heteroatoms. The van der Waals surface area contributed by atoms with E-state index < -0.39 is 0 Å². The third-order valence-corrected chi connectivity index (χ3v) is 3.51. The molecule has 0 fully saturated rings. The SMILES string of the molecule is CCN(CC)C(=O)c1ccc(C(=O)NCC(C)NC)cc1.Cl. The summed E-state index contributed by atoms with van der Waals surface area (Å²) in [5.41, 5.74) is 1.17. The van der Waals surface area contributed by atoms with Crippen molar-refractivity contribution in [3.8, 4) is 0 Å². The van der Waals surface area contributed by atoms with Crippen LogP contribution in [0.5, 0.6) is 0 Å². The second-order valence-electron chi connectivity index (χ2n) is 4.95. The lowest BCUT2D eigenvalue weighted by Crippen LogP contribution is -2.37. The fourth-order valence-corrected chi connectivity index (χ4v) is 1.91. The lowest BCUT2D eigenvalue weighted by Gasteiger charge is -2.18. The minimum absolute atomic E-state index is 0. The van der Waals surface area contributed by atoms with E-state index in [0.717, 1.165) is 0 Å². The van der Waals surface area contributed by atoms with Crippen LogP contribution in [-0.4, -0.2) is 49.4 Å². The molecule has 0 saturated carbocycles. The average Bonchev–Trinajstić information content (AvgIpc) is 2.53. The summed E-state index contributed by atoms with van der Waals surface area (Å²) in [6.07, 6.45) is 0. The van der Waals surface area contributed by atoms with Gasteiger partial charge in [-0.2, -0.15) is 0 Å². The van der Waals surface area contributed by atoms with Crippen molar-refractivity contribution in [2.45, 2.75) is 26.8 Å². The number of carbonyl (C=O) groups excluding carboxylic acids is 2. The van der Waals surface area contributed by atoms with Crippen LogP contribution >= 0.6 is 12.4 Å². The van der Waals surface area contributed by atoms with Crippen LogP contribution in [0, 0.1) is 0 Å². The maximum absolute atomic E-state index is 12.2. The molecule has 5 nitrogen and oxygen atoms in total. The van der Waals surface area contributed by atoms with E-state index in [1.165, 1.54) is 0 Å². The maximum Gasteiger partial charge on any atom is 0.253 e. The fraction of sp³-hybridized carbons (Fsp3) is 0.500. The first-order valence-corrected chi connectivity index (χ1v) is 7.38. The minimum atomic E-state index is -0.126. The number of hydrogen-bond donors (Lipinski definition) is 2. The van der Waals surface area contributed by atoms with Gasteiger partial charge >= 0.3 is 0 Å². The number of hydrogen-bond acceptors (Lipinski definition) is 3. The zero-order valence-corrected chi connectivity index (χ0v) is 14.5. The quantitative estimate of drug-likeness (QED) is 0.804. The van der Waals surface area contributed by atoms with Gasteiger partial charge in [0.2, 0.25) is 0 Å². The number of carbonyl (C=O) groups is 2. The van der Waals surface area contributed by atoms with Crippen molar-refractivity contribution >= 4 is 24.2 Å². The molecule has 0 bridgehead atoms. The molecule has 0 aromatic heterocycles. The molecule has 2 amide bonds. The van der Waals surface area contributed by atoms with Gasteiger partial charge in [0.25, 0.3) is 11.8 Å². The van der Waals surface area contributed by atoms with E-state index in [1.807, 2.05) is 27.8 Å². The van der Waals surface area contributed by atoms with E-state index in [9.17, 15) is 9.59 Å². The summed E-state index contributed by atoms with van der Waals surface area (Å²) >= 11 is 0. The predicted molar refractivity (Wildman–Crippen MR) is 91.8 cm³/mol. The third-order valence-electron chi connectivity index (χ3n) is 3.51. The molecule has 22 heavy (non-hydrogen) atoms. The molecular formula is C16H26ClN3O2. The summed E-state index contributed by atoms with van der Waals surface area (Å²) in [7, 11) is 1.85. The topological polar surface area (TPSA) is 61.4 Å². The average molecular weight is 328 g/mol. The van der Waals surface area contributed by atoms with E-state index >= 15 is 0 Å². The fourth-order valence-electron chi connectivity index (χ4n) is 1.91. The molecule has 124 valence electrons. The summed E-state index contributed by atoms with van der Waals surface area (Å²) in [5, 5.41) is 5.90. The Labute approximate surface area is 138 Å². The van der Waals surface area contributed by atoms with E-state index in [4.69, 9.17) is 0 Å². The van der Waals surface area contributed by atoms with Gasteiger partial charge in [0.15, 0.2) is 0 Å². The van der Waals surface area contributed by atoms with Crippen molar-refractivity contribution in [1.29, 1.82) is 0 Å². The van der Waals surface area contributed by atoms with E-state index in [1.54, 1.807) is 29.2 Å². The summed E-state index contributed by atoms with van der Waals surface area (Å²) in [4.78, 5) is 25.9. The molecule has 0 aliphatic rings. The molecule has 1 aromatic carbocycles. The van der Waals surface area contributed by atoms with Crippen LogP contribution < -0.4 is 10.6 Å². The number of nitrogens with zero attached hydrogens (tertiary/aromatic N) is 1. The largest absolute Gasteiger partial charge is 0.350 e. The van der Waals surface area contributed by atoms with E-state index in [-0.39, 0.29) is 30.3 Å². The first kappa shape index (κ1) is 20.4. The Bertz CT molecular complexity index is 473. The second kappa shape index (κ2) is 10.2. The highest BCUT2D eigenvalue weighted by molar-refractivity contribution is 5.97. The van der Waals surface area contributed by atoms with Crippen LogP contribution in [0.25, 0.3) is 0 Å². The van der Waals surface area contributed by atoms with Crippen LogP contribution in [0.3, 0.4) is 0 Å². The molecule has 0 saturated heterocycles. The first-order chi connectivity index (χ1) is 10.0. The van der Waals surface area contributed by atoms with Gasteiger partial charge in [0.1, 0.15) is 0 Å². The highest BCUT2D eigenvalue weighted by Gasteiger charge is 2.13. The molecule has 0 spiro atoms. The number of amides is 2. The Morgan fingerprint density at radius 3 is 2.05 bits per heavy atom. The molecule has 0 heterocycles. The smallest absolute Gasteiger partial charge is 0.253 e. The van der Waals surface area contributed by atoms with Gasteiger partial charge in [0, 0.05) is 36.8 Å². The molecule has 1 rings (SSSR count). The number of halogens is 1. The summed E-state index contributed by atoms with van der Waals surface area (Å²) in [6, 6.07) is 7.01. The van der Waals surface area contributed by atoms with Crippen LogP contribution in [-0.2, 0) is 0 Å². The van der Waals surface area contributed by atoms with Crippen LogP contribution in [0.1, 0.15) is 41.5 Å². The molecule has 0 aliphatic carbocycles. The molecule has 0 radical (unpaired) electrons. The lowest BCUT2D eigenvalue weighted by molar-refractivity contribution is 0.0772. The highest BCUT2D eigenvalue weighted by Crippen LogP contribution is 2.08. The number of nitrogens with one attached hydrogen (secondary N) is 2. The molecule has 2 N–H and O–H groups in total. The molecule has 1 aromatic rings. The van der Waals surface area contributed by atoms with E-state index in [2.05, 4.69) is 10.6 Å². The van der Waals surface area contributed by atoms with Gasteiger partial charge in [-0.3, -0.25) is 9.59 Å². The van der Waals surface area contributed by atoms with Crippen molar-refractivity contribution in [2.75, 3.05) is 26.7 Å². The summed E-state index contributed by atoms with van der Waals surface area (Å²) in [6.45, 7) is 7.82. The van der Waals surface area contributed by atoms with Crippen molar-refractivity contribution in [3.63, 3.8) is 0 Å². The Morgan fingerprint density at radius 1 is 1.09 bits per heavy atom. The van der Waals surface area contributed by atoms with Crippen molar-refractivity contribution in [1.82, 2.24) is 15.5 Å². The van der Waals surface area contributed by atoms with Crippen LogP contribution in [0.2, 0.25) is 0 Å². The zero-order chi connectivity index (χ0) is 15.8. The van der Waals surface area contributed by atoms with E-state index in [0.29, 0.717) is 30.8 Å². The Hall–Kier alpha value is -1.59. The predicted octanol–water partition coefficient (Wildman–Crippen LogP) is 1.93. The second-order valence-corrected chi connectivity index (χ2v) is 4.95. The van der Waals surface area contributed by atoms with Crippen molar-refractivity contribution in [3.05, 3.63) is 35.4 Å². The Balaban J connectivity index is 0.00000441. The number of benzene rings is 1. The number of rotatable bonds is 7. The standard InChI is InChI=1S/C16H25N3O2.ClH/c1-5-19(6-2)16(21)14-9-7-13(8-10-14)15(20)18-11-12(3)17-4;/h7-10,12,17H,5-6,11H2,1-4H3,(H,18,20);1H.